The molecule has 1 heterocycles. The molecular formula is C22H25NO6S. The van der Waals surface area contributed by atoms with E-state index < -0.39 is 16.0 Å². The van der Waals surface area contributed by atoms with Gasteiger partial charge >= 0.3 is 5.97 Å². The molecule has 1 aliphatic rings. The van der Waals surface area contributed by atoms with Gasteiger partial charge in [0.05, 0.1) is 18.1 Å². The maximum atomic E-state index is 12.6. The number of morpholine rings is 1. The number of hydrogen-bond acceptors (Lipinski definition) is 6. The van der Waals surface area contributed by atoms with Crippen LogP contribution in [0.4, 0.5) is 0 Å². The molecule has 0 aromatic heterocycles. The number of carbonyl (C=O) groups is 1. The molecule has 0 spiro atoms. The van der Waals surface area contributed by atoms with Crippen LogP contribution in [-0.4, -0.2) is 58.2 Å². The molecule has 1 saturated heterocycles. The number of carbonyl (C=O) groups excluding carboxylic acids is 1. The Hall–Kier alpha value is -2.68. The lowest BCUT2D eigenvalue weighted by Crippen LogP contribution is -2.40. The van der Waals surface area contributed by atoms with Gasteiger partial charge in [-0.2, -0.15) is 4.31 Å². The molecule has 0 bridgehead atoms. The summed E-state index contributed by atoms with van der Waals surface area (Å²) in [7, 11) is -3.53. The zero-order valence-corrected chi connectivity index (χ0v) is 17.6. The number of benzene rings is 2. The van der Waals surface area contributed by atoms with Crippen LogP contribution < -0.4 is 4.74 Å². The standard InChI is InChI=1S/C22H25NO6S/c1-18-2-7-20(8-3-18)28-16-17-29-22(24)11-6-19-4-9-21(10-5-19)30(25,26)23-12-14-27-15-13-23/h2-11H,12-17H2,1H3/b11-6+. The van der Waals surface area contributed by atoms with Gasteiger partial charge in [0.25, 0.3) is 0 Å². The van der Waals surface area contributed by atoms with Crippen LogP contribution in [0.15, 0.2) is 59.5 Å². The number of sulfonamides is 1. The highest BCUT2D eigenvalue weighted by Gasteiger charge is 2.25. The fourth-order valence-electron chi connectivity index (χ4n) is 2.84. The second kappa shape index (κ2) is 10.4. The maximum absolute atomic E-state index is 12.6. The van der Waals surface area contributed by atoms with Crippen molar-refractivity contribution >= 4 is 22.1 Å². The molecule has 0 N–H and O–H groups in total. The highest BCUT2D eigenvalue weighted by atomic mass is 32.2. The Kier molecular flexibility index (Phi) is 7.62. The van der Waals surface area contributed by atoms with Crippen molar-refractivity contribution in [3.8, 4) is 5.75 Å². The van der Waals surface area contributed by atoms with Crippen molar-refractivity contribution < 1.29 is 27.4 Å². The topological polar surface area (TPSA) is 82.1 Å². The van der Waals surface area contributed by atoms with E-state index in [1.165, 1.54) is 22.5 Å². The van der Waals surface area contributed by atoms with Gasteiger partial charge < -0.3 is 14.2 Å². The zero-order valence-electron chi connectivity index (χ0n) is 16.8. The summed E-state index contributed by atoms with van der Waals surface area (Å²) in [5.74, 6) is 0.229. The first-order valence-electron chi connectivity index (χ1n) is 9.67. The molecule has 7 nitrogen and oxygen atoms in total. The van der Waals surface area contributed by atoms with E-state index in [1.54, 1.807) is 18.2 Å². The van der Waals surface area contributed by atoms with E-state index in [1.807, 2.05) is 31.2 Å². The largest absolute Gasteiger partial charge is 0.490 e. The summed E-state index contributed by atoms with van der Waals surface area (Å²) in [4.78, 5) is 12.0. The summed E-state index contributed by atoms with van der Waals surface area (Å²) in [5, 5.41) is 0. The Morgan fingerprint density at radius 3 is 2.37 bits per heavy atom. The first-order chi connectivity index (χ1) is 14.4. The van der Waals surface area contributed by atoms with Crippen LogP contribution in [0.5, 0.6) is 5.75 Å². The Morgan fingerprint density at radius 1 is 1.03 bits per heavy atom. The molecule has 2 aromatic rings. The summed E-state index contributed by atoms with van der Waals surface area (Å²) < 4.78 is 42.4. The summed E-state index contributed by atoms with van der Waals surface area (Å²) >= 11 is 0. The number of hydrogen-bond donors (Lipinski definition) is 0. The van der Waals surface area contributed by atoms with Crippen LogP contribution in [0.25, 0.3) is 6.08 Å². The molecule has 3 rings (SSSR count). The number of nitrogens with zero attached hydrogens (tertiary/aromatic N) is 1. The van der Waals surface area contributed by atoms with E-state index in [9.17, 15) is 13.2 Å². The summed E-state index contributed by atoms with van der Waals surface area (Å²) in [6.45, 7) is 3.89. The predicted molar refractivity (Wildman–Crippen MR) is 113 cm³/mol. The highest BCUT2D eigenvalue weighted by molar-refractivity contribution is 7.89. The summed E-state index contributed by atoms with van der Waals surface area (Å²) in [5.41, 5.74) is 1.84. The van der Waals surface area contributed by atoms with Crippen molar-refractivity contribution in [2.24, 2.45) is 0 Å². The Bertz CT molecular complexity index is 962. The molecule has 160 valence electrons. The number of esters is 1. The number of ether oxygens (including phenoxy) is 3. The van der Waals surface area contributed by atoms with E-state index in [-0.39, 0.29) is 18.1 Å². The normalized spacial score (nSPS) is 15.2. The van der Waals surface area contributed by atoms with E-state index >= 15 is 0 Å². The van der Waals surface area contributed by atoms with Gasteiger partial charge in [0.2, 0.25) is 10.0 Å². The Morgan fingerprint density at radius 2 is 1.70 bits per heavy atom. The van der Waals surface area contributed by atoms with Gasteiger partial charge in [0.1, 0.15) is 19.0 Å². The smallest absolute Gasteiger partial charge is 0.330 e. The van der Waals surface area contributed by atoms with Crippen molar-refractivity contribution in [3.05, 3.63) is 65.7 Å². The van der Waals surface area contributed by atoms with Crippen LogP contribution in [-0.2, 0) is 24.3 Å². The van der Waals surface area contributed by atoms with E-state index in [0.29, 0.717) is 31.9 Å². The van der Waals surface area contributed by atoms with Crippen molar-refractivity contribution in [3.63, 3.8) is 0 Å². The van der Waals surface area contributed by atoms with E-state index in [4.69, 9.17) is 14.2 Å². The minimum Gasteiger partial charge on any atom is -0.490 e. The third-order valence-corrected chi connectivity index (χ3v) is 6.43. The predicted octanol–water partition coefficient (Wildman–Crippen LogP) is 2.65. The van der Waals surface area contributed by atoms with Crippen molar-refractivity contribution in [1.82, 2.24) is 4.31 Å². The van der Waals surface area contributed by atoms with Crippen LogP contribution in [0.2, 0.25) is 0 Å². The molecule has 0 aliphatic carbocycles. The van der Waals surface area contributed by atoms with Crippen LogP contribution in [0.1, 0.15) is 11.1 Å². The summed E-state index contributed by atoms with van der Waals surface area (Å²) in [6, 6.07) is 14.0. The lowest BCUT2D eigenvalue weighted by Gasteiger charge is -2.26. The lowest BCUT2D eigenvalue weighted by atomic mass is 10.2. The fraction of sp³-hybridized carbons (Fsp3) is 0.318. The molecule has 30 heavy (non-hydrogen) atoms. The molecule has 0 atom stereocenters. The highest BCUT2D eigenvalue weighted by Crippen LogP contribution is 2.18. The molecular weight excluding hydrogens is 406 g/mol. The molecule has 0 amide bonds. The number of rotatable bonds is 8. The lowest BCUT2D eigenvalue weighted by molar-refractivity contribution is -0.138. The van der Waals surface area contributed by atoms with Crippen molar-refractivity contribution in [2.75, 3.05) is 39.5 Å². The summed E-state index contributed by atoms with van der Waals surface area (Å²) in [6.07, 6.45) is 2.88. The first kappa shape index (κ1) is 22.0. The van der Waals surface area contributed by atoms with Crippen LogP contribution >= 0.6 is 0 Å². The Balaban J connectivity index is 1.46. The van der Waals surface area contributed by atoms with Gasteiger partial charge in [0.15, 0.2) is 0 Å². The van der Waals surface area contributed by atoms with Gasteiger partial charge in [0, 0.05) is 19.2 Å². The minimum atomic E-state index is -3.53. The third-order valence-electron chi connectivity index (χ3n) is 4.52. The second-order valence-corrected chi connectivity index (χ2v) is 8.69. The number of aryl methyl sites for hydroxylation is 1. The van der Waals surface area contributed by atoms with E-state index in [2.05, 4.69) is 0 Å². The minimum absolute atomic E-state index is 0.133. The zero-order chi connectivity index (χ0) is 21.4. The average molecular weight is 432 g/mol. The van der Waals surface area contributed by atoms with Crippen molar-refractivity contribution in [1.29, 1.82) is 0 Å². The molecule has 8 heteroatoms. The molecule has 0 unspecified atom stereocenters. The monoisotopic (exact) mass is 431 g/mol. The maximum Gasteiger partial charge on any atom is 0.330 e. The van der Waals surface area contributed by atoms with Crippen LogP contribution in [0, 0.1) is 6.92 Å². The average Bonchev–Trinajstić information content (AvgIpc) is 2.77. The Labute approximate surface area is 176 Å². The molecule has 0 saturated carbocycles. The van der Waals surface area contributed by atoms with E-state index in [0.717, 1.165) is 11.3 Å². The van der Waals surface area contributed by atoms with Gasteiger partial charge in [-0.25, -0.2) is 13.2 Å². The van der Waals surface area contributed by atoms with Gasteiger partial charge in [-0.3, -0.25) is 0 Å². The SMILES string of the molecule is Cc1ccc(OCCOC(=O)/C=C/c2ccc(S(=O)(=O)N3CCOCC3)cc2)cc1. The molecule has 0 radical (unpaired) electrons. The van der Waals surface area contributed by atoms with Gasteiger partial charge in [-0.15, -0.1) is 0 Å². The first-order valence-corrected chi connectivity index (χ1v) is 11.1. The quantitative estimate of drug-likeness (QED) is 0.363. The molecule has 1 aliphatic heterocycles. The molecule has 2 aromatic carbocycles. The fourth-order valence-corrected chi connectivity index (χ4v) is 4.24. The van der Waals surface area contributed by atoms with Gasteiger partial charge in [-0.1, -0.05) is 29.8 Å². The third kappa shape index (κ3) is 6.16. The molecule has 1 fully saturated rings. The van der Waals surface area contributed by atoms with Crippen molar-refractivity contribution in [2.45, 2.75) is 11.8 Å². The second-order valence-electron chi connectivity index (χ2n) is 6.75. The van der Waals surface area contributed by atoms with Gasteiger partial charge in [-0.05, 0) is 42.8 Å². The van der Waals surface area contributed by atoms with Crippen LogP contribution in [0.3, 0.4) is 0 Å².